The maximum absolute atomic E-state index is 5.77. The van der Waals surface area contributed by atoms with Crippen molar-refractivity contribution in [1.29, 1.82) is 0 Å². The van der Waals surface area contributed by atoms with Gasteiger partial charge in [-0.1, -0.05) is 18.2 Å². The average Bonchev–Trinajstić information content (AvgIpc) is 2.74. The maximum Gasteiger partial charge on any atom is 0.193 e. The molecule has 2 rings (SSSR count). The molecule has 0 aliphatic heterocycles. The van der Waals surface area contributed by atoms with Crippen LogP contribution in [-0.4, -0.2) is 10.9 Å². The first-order valence-electron chi connectivity index (χ1n) is 5.27. The average molecular weight is 246 g/mol. The summed E-state index contributed by atoms with van der Waals surface area (Å²) in [5.41, 5.74) is 7.66. The van der Waals surface area contributed by atoms with Gasteiger partial charge in [0.25, 0.3) is 0 Å². The third-order valence-electron chi connectivity index (χ3n) is 2.12. The Hall–Kier alpha value is -1.88. The van der Waals surface area contributed by atoms with E-state index < -0.39 is 0 Å². The predicted octanol–water partition coefficient (Wildman–Crippen LogP) is 2.38. The van der Waals surface area contributed by atoms with Crippen molar-refractivity contribution in [3.8, 4) is 0 Å². The van der Waals surface area contributed by atoms with Crippen molar-refractivity contribution < 1.29 is 0 Å². The molecular weight excluding hydrogens is 232 g/mol. The Bertz CT molecular complexity index is 504. The summed E-state index contributed by atoms with van der Waals surface area (Å²) >= 11 is 1.62. The fourth-order valence-electron chi connectivity index (χ4n) is 1.36. The summed E-state index contributed by atoms with van der Waals surface area (Å²) < 4.78 is 0. The largest absolute Gasteiger partial charge is 0.370 e. The Morgan fingerprint density at radius 1 is 1.41 bits per heavy atom. The lowest BCUT2D eigenvalue weighted by Gasteiger charge is -2.04. The van der Waals surface area contributed by atoms with Crippen LogP contribution in [0, 0.1) is 6.92 Å². The van der Waals surface area contributed by atoms with Gasteiger partial charge >= 0.3 is 0 Å². The van der Waals surface area contributed by atoms with E-state index in [1.54, 1.807) is 11.3 Å². The first-order valence-corrected chi connectivity index (χ1v) is 6.15. The zero-order valence-corrected chi connectivity index (χ0v) is 10.4. The second kappa shape index (κ2) is 5.45. The van der Waals surface area contributed by atoms with Crippen molar-refractivity contribution >= 4 is 23.0 Å². The van der Waals surface area contributed by atoms with Crippen LogP contribution in [0.2, 0.25) is 0 Å². The van der Waals surface area contributed by atoms with E-state index in [-0.39, 0.29) is 0 Å². The molecule has 88 valence electrons. The number of guanidine groups is 1. The number of aryl methyl sites for hydroxylation is 1. The van der Waals surface area contributed by atoms with E-state index in [9.17, 15) is 0 Å². The Kier molecular flexibility index (Phi) is 3.72. The van der Waals surface area contributed by atoms with Crippen molar-refractivity contribution in [2.75, 3.05) is 5.32 Å². The second-order valence-corrected chi connectivity index (χ2v) is 4.61. The summed E-state index contributed by atoms with van der Waals surface area (Å²) in [7, 11) is 0. The van der Waals surface area contributed by atoms with Gasteiger partial charge in [0.15, 0.2) is 5.96 Å². The van der Waals surface area contributed by atoms with Crippen molar-refractivity contribution in [2.45, 2.75) is 13.5 Å². The van der Waals surface area contributed by atoms with Crippen LogP contribution in [0.25, 0.3) is 0 Å². The molecule has 1 heterocycles. The van der Waals surface area contributed by atoms with Crippen molar-refractivity contribution in [2.24, 2.45) is 10.7 Å². The molecule has 0 saturated heterocycles. The SMILES string of the molecule is Cc1nc(CN=C(N)Nc2ccccc2)cs1. The molecule has 0 saturated carbocycles. The van der Waals surface area contributed by atoms with Crippen LogP contribution in [0.1, 0.15) is 10.7 Å². The van der Waals surface area contributed by atoms with Crippen molar-refractivity contribution in [3.05, 3.63) is 46.4 Å². The zero-order chi connectivity index (χ0) is 12.1. The van der Waals surface area contributed by atoms with E-state index in [4.69, 9.17) is 5.73 Å². The number of anilines is 1. The maximum atomic E-state index is 5.77. The Labute approximate surface area is 104 Å². The van der Waals surface area contributed by atoms with E-state index in [1.807, 2.05) is 42.6 Å². The number of hydrogen-bond donors (Lipinski definition) is 2. The van der Waals surface area contributed by atoms with Gasteiger partial charge in [0.05, 0.1) is 17.2 Å². The van der Waals surface area contributed by atoms with Crippen molar-refractivity contribution in [3.63, 3.8) is 0 Å². The smallest absolute Gasteiger partial charge is 0.193 e. The van der Waals surface area contributed by atoms with Crippen LogP contribution >= 0.6 is 11.3 Å². The van der Waals surface area contributed by atoms with Crippen LogP contribution < -0.4 is 11.1 Å². The van der Waals surface area contributed by atoms with Gasteiger partial charge in [0.2, 0.25) is 0 Å². The van der Waals surface area contributed by atoms with E-state index >= 15 is 0 Å². The minimum Gasteiger partial charge on any atom is -0.370 e. The minimum absolute atomic E-state index is 0.404. The monoisotopic (exact) mass is 246 g/mol. The molecule has 1 aromatic carbocycles. The van der Waals surface area contributed by atoms with Gasteiger partial charge in [0.1, 0.15) is 0 Å². The molecule has 2 aromatic rings. The first-order chi connectivity index (χ1) is 8.24. The molecule has 0 atom stereocenters. The molecule has 3 N–H and O–H groups in total. The fraction of sp³-hybridized carbons (Fsp3) is 0.167. The minimum atomic E-state index is 0.404. The van der Waals surface area contributed by atoms with Crippen LogP contribution in [0.3, 0.4) is 0 Å². The molecular formula is C12H14N4S. The third kappa shape index (κ3) is 3.57. The van der Waals surface area contributed by atoms with Crippen LogP contribution in [0.5, 0.6) is 0 Å². The lowest BCUT2D eigenvalue weighted by Crippen LogP contribution is -2.22. The van der Waals surface area contributed by atoms with Gasteiger partial charge in [-0.3, -0.25) is 0 Å². The van der Waals surface area contributed by atoms with Crippen LogP contribution in [0.15, 0.2) is 40.7 Å². The number of aromatic nitrogens is 1. The normalized spacial score (nSPS) is 11.5. The lowest BCUT2D eigenvalue weighted by atomic mass is 10.3. The number of rotatable bonds is 3. The van der Waals surface area contributed by atoms with E-state index in [2.05, 4.69) is 15.3 Å². The summed E-state index contributed by atoms with van der Waals surface area (Å²) in [5, 5.41) is 6.06. The summed E-state index contributed by atoms with van der Waals surface area (Å²) in [4.78, 5) is 8.55. The molecule has 0 aliphatic rings. The van der Waals surface area contributed by atoms with Gasteiger partial charge in [-0.25, -0.2) is 9.98 Å². The number of benzene rings is 1. The fourth-order valence-corrected chi connectivity index (χ4v) is 1.96. The highest BCUT2D eigenvalue weighted by molar-refractivity contribution is 7.09. The molecule has 0 aliphatic carbocycles. The van der Waals surface area contributed by atoms with E-state index in [0.29, 0.717) is 12.5 Å². The zero-order valence-electron chi connectivity index (χ0n) is 9.55. The predicted molar refractivity (Wildman–Crippen MR) is 72.2 cm³/mol. The van der Waals surface area contributed by atoms with Gasteiger partial charge in [-0.2, -0.15) is 0 Å². The number of hydrogen-bond acceptors (Lipinski definition) is 3. The summed E-state index contributed by atoms with van der Waals surface area (Å²) in [6.07, 6.45) is 0. The number of nitrogens with two attached hydrogens (primary N) is 1. The van der Waals surface area contributed by atoms with Gasteiger partial charge in [-0.15, -0.1) is 11.3 Å². The Morgan fingerprint density at radius 2 is 2.18 bits per heavy atom. The molecule has 0 radical (unpaired) electrons. The first kappa shape index (κ1) is 11.6. The van der Waals surface area contributed by atoms with E-state index in [1.165, 1.54) is 0 Å². The number of nitrogens with one attached hydrogen (secondary N) is 1. The molecule has 0 unspecified atom stereocenters. The quantitative estimate of drug-likeness (QED) is 0.645. The topological polar surface area (TPSA) is 63.3 Å². The number of aliphatic imine (C=N–C) groups is 1. The molecule has 0 spiro atoms. The van der Waals surface area contributed by atoms with Crippen LogP contribution in [-0.2, 0) is 6.54 Å². The summed E-state index contributed by atoms with van der Waals surface area (Å²) in [6.45, 7) is 2.49. The summed E-state index contributed by atoms with van der Waals surface area (Å²) in [5.74, 6) is 0.404. The Morgan fingerprint density at radius 3 is 2.82 bits per heavy atom. The highest BCUT2D eigenvalue weighted by Crippen LogP contribution is 2.09. The number of thiazole rings is 1. The molecule has 1 aromatic heterocycles. The molecule has 4 nitrogen and oxygen atoms in total. The molecule has 0 fully saturated rings. The third-order valence-corrected chi connectivity index (χ3v) is 2.95. The van der Waals surface area contributed by atoms with Gasteiger partial charge in [-0.05, 0) is 19.1 Å². The summed E-state index contributed by atoms with van der Waals surface area (Å²) in [6, 6.07) is 9.72. The van der Waals surface area contributed by atoms with Gasteiger partial charge < -0.3 is 11.1 Å². The van der Waals surface area contributed by atoms with E-state index in [0.717, 1.165) is 16.4 Å². The highest BCUT2D eigenvalue weighted by atomic mass is 32.1. The second-order valence-electron chi connectivity index (χ2n) is 3.55. The van der Waals surface area contributed by atoms with Crippen molar-refractivity contribution in [1.82, 2.24) is 4.98 Å². The molecule has 17 heavy (non-hydrogen) atoms. The molecule has 5 heteroatoms. The Balaban J connectivity index is 1.94. The number of nitrogens with zero attached hydrogens (tertiary/aromatic N) is 2. The highest BCUT2D eigenvalue weighted by Gasteiger charge is 1.98. The lowest BCUT2D eigenvalue weighted by molar-refractivity contribution is 0.993. The van der Waals surface area contributed by atoms with Gasteiger partial charge in [0, 0.05) is 11.1 Å². The molecule has 0 bridgehead atoms. The number of para-hydroxylation sites is 1. The molecule has 0 amide bonds. The van der Waals surface area contributed by atoms with Crippen LogP contribution in [0.4, 0.5) is 5.69 Å². The standard InChI is InChI=1S/C12H14N4S/c1-9-15-11(8-17-9)7-14-12(13)16-10-5-3-2-4-6-10/h2-6,8H,7H2,1H3,(H3,13,14,16).